The number of unbranched alkanes of at least 4 members (excludes halogenated alkanes) is 1. The van der Waals surface area contributed by atoms with Crippen molar-refractivity contribution in [3.63, 3.8) is 0 Å². The zero-order valence-electron chi connectivity index (χ0n) is 18.0. The number of para-hydroxylation sites is 1. The molecule has 0 amide bonds. The van der Waals surface area contributed by atoms with Gasteiger partial charge in [-0.1, -0.05) is 18.2 Å². The van der Waals surface area contributed by atoms with Gasteiger partial charge in [0.15, 0.2) is 11.3 Å². The normalized spacial score (nSPS) is 14.1. The van der Waals surface area contributed by atoms with E-state index in [1.165, 1.54) is 10.9 Å². The molecular weight excluding hydrogens is 388 g/mol. The van der Waals surface area contributed by atoms with Gasteiger partial charge in [-0.3, -0.25) is 9.88 Å². The summed E-state index contributed by atoms with van der Waals surface area (Å²) in [5.41, 5.74) is 3.22. The van der Waals surface area contributed by atoms with Crippen molar-refractivity contribution < 1.29 is 13.9 Å². The number of hydrogen-bond acceptors (Lipinski definition) is 5. The Balaban J connectivity index is 1.13. The van der Waals surface area contributed by atoms with Crippen molar-refractivity contribution in [3.05, 3.63) is 66.1 Å². The van der Waals surface area contributed by atoms with E-state index in [0.717, 1.165) is 79.2 Å². The molecule has 0 bridgehead atoms. The van der Waals surface area contributed by atoms with E-state index in [-0.39, 0.29) is 0 Å². The standard InChI is InChI=1S/C26H28N2O3/c1-2-29-24-9-5-8-22-21-12-15-28(18-25(21)31-26(22)24)14-3-4-16-30-20-11-10-19-7-6-13-27-23(19)17-20/h5-11,13,17H,2-4,12,14-16,18H2,1H3. The van der Waals surface area contributed by atoms with E-state index in [0.29, 0.717) is 6.61 Å². The van der Waals surface area contributed by atoms with Crippen LogP contribution in [0.5, 0.6) is 11.5 Å². The molecule has 31 heavy (non-hydrogen) atoms. The Morgan fingerprint density at radius 2 is 2.03 bits per heavy atom. The molecule has 1 aliphatic heterocycles. The van der Waals surface area contributed by atoms with E-state index in [4.69, 9.17) is 13.9 Å². The van der Waals surface area contributed by atoms with Gasteiger partial charge in [-0.15, -0.1) is 0 Å². The molecule has 0 N–H and O–H groups in total. The van der Waals surface area contributed by atoms with Crippen LogP contribution in [-0.2, 0) is 13.0 Å². The van der Waals surface area contributed by atoms with Gasteiger partial charge in [0, 0.05) is 35.1 Å². The summed E-state index contributed by atoms with van der Waals surface area (Å²) in [6.07, 6.45) is 4.97. The van der Waals surface area contributed by atoms with Gasteiger partial charge in [0.05, 0.1) is 25.3 Å². The van der Waals surface area contributed by atoms with Gasteiger partial charge in [-0.25, -0.2) is 0 Å². The van der Waals surface area contributed by atoms with Gasteiger partial charge in [0.25, 0.3) is 0 Å². The molecule has 0 unspecified atom stereocenters. The van der Waals surface area contributed by atoms with Crippen LogP contribution in [0.1, 0.15) is 31.1 Å². The second-order valence-electron chi connectivity index (χ2n) is 8.01. The minimum absolute atomic E-state index is 0.647. The first-order valence-electron chi connectivity index (χ1n) is 11.2. The fourth-order valence-corrected chi connectivity index (χ4v) is 4.37. The van der Waals surface area contributed by atoms with Gasteiger partial charge in [-0.2, -0.15) is 0 Å². The van der Waals surface area contributed by atoms with Crippen molar-refractivity contribution in [3.8, 4) is 11.5 Å². The zero-order chi connectivity index (χ0) is 21.0. The predicted molar refractivity (Wildman–Crippen MR) is 123 cm³/mol. The topological polar surface area (TPSA) is 47.7 Å². The number of aromatic nitrogens is 1. The molecule has 0 fully saturated rings. The van der Waals surface area contributed by atoms with Crippen LogP contribution in [-0.4, -0.2) is 36.2 Å². The first kappa shape index (κ1) is 19.9. The fourth-order valence-electron chi connectivity index (χ4n) is 4.37. The number of fused-ring (bicyclic) bond motifs is 4. The summed E-state index contributed by atoms with van der Waals surface area (Å²) >= 11 is 0. The van der Waals surface area contributed by atoms with Crippen LogP contribution in [0.3, 0.4) is 0 Å². The van der Waals surface area contributed by atoms with Crippen LogP contribution < -0.4 is 9.47 Å². The van der Waals surface area contributed by atoms with E-state index < -0.39 is 0 Å². The molecule has 4 aromatic rings. The molecule has 5 rings (SSSR count). The monoisotopic (exact) mass is 416 g/mol. The lowest BCUT2D eigenvalue weighted by Crippen LogP contribution is -2.30. The molecule has 2 aromatic heterocycles. The zero-order valence-corrected chi connectivity index (χ0v) is 18.0. The summed E-state index contributed by atoms with van der Waals surface area (Å²) in [6.45, 7) is 6.36. The molecule has 0 saturated carbocycles. The first-order valence-corrected chi connectivity index (χ1v) is 11.2. The second kappa shape index (κ2) is 8.98. The van der Waals surface area contributed by atoms with Gasteiger partial charge in [-0.05, 0) is 57.0 Å². The van der Waals surface area contributed by atoms with Crippen LogP contribution in [0, 0.1) is 0 Å². The second-order valence-corrected chi connectivity index (χ2v) is 8.01. The summed E-state index contributed by atoms with van der Waals surface area (Å²) < 4.78 is 17.9. The summed E-state index contributed by atoms with van der Waals surface area (Å²) in [7, 11) is 0. The summed E-state index contributed by atoms with van der Waals surface area (Å²) in [5, 5.41) is 2.34. The Hall–Kier alpha value is -3.05. The molecule has 160 valence electrons. The van der Waals surface area contributed by atoms with Crippen LogP contribution >= 0.6 is 0 Å². The Morgan fingerprint density at radius 3 is 2.97 bits per heavy atom. The molecule has 1 aliphatic rings. The minimum Gasteiger partial charge on any atom is -0.494 e. The van der Waals surface area contributed by atoms with E-state index >= 15 is 0 Å². The fraction of sp³-hybridized carbons (Fsp3) is 0.346. The van der Waals surface area contributed by atoms with Crippen molar-refractivity contribution in [2.75, 3.05) is 26.3 Å². The van der Waals surface area contributed by atoms with E-state index in [1.807, 2.05) is 37.4 Å². The number of ether oxygens (including phenoxy) is 2. The van der Waals surface area contributed by atoms with E-state index in [2.05, 4.69) is 34.1 Å². The van der Waals surface area contributed by atoms with Gasteiger partial charge in [0.1, 0.15) is 11.5 Å². The third-order valence-corrected chi connectivity index (χ3v) is 5.93. The molecule has 5 heteroatoms. The van der Waals surface area contributed by atoms with Gasteiger partial charge < -0.3 is 13.9 Å². The number of pyridine rings is 1. The molecule has 0 radical (unpaired) electrons. The highest BCUT2D eigenvalue weighted by molar-refractivity contribution is 5.87. The van der Waals surface area contributed by atoms with E-state index in [1.54, 1.807) is 0 Å². The lowest BCUT2D eigenvalue weighted by Gasteiger charge is -2.25. The minimum atomic E-state index is 0.647. The maximum atomic E-state index is 6.23. The average molecular weight is 417 g/mol. The quantitative estimate of drug-likeness (QED) is 0.350. The smallest absolute Gasteiger partial charge is 0.176 e. The Labute approximate surface area is 182 Å². The molecule has 0 atom stereocenters. The van der Waals surface area contributed by atoms with Crippen molar-refractivity contribution in [2.45, 2.75) is 32.7 Å². The Kier molecular flexibility index (Phi) is 5.76. The lowest BCUT2D eigenvalue weighted by molar-refractivity contribution is 0.217. The molecule has 3 heterocycles. The molecule has 0 aliphatic carbocycles. The third-order valence-electron chi connectivity index (χ3n) is 5.93. The Morgan fingerprint density at radius 1 is 1.06 bits per heavy atom. The highest BCUT2D eigenvalue weighted by atomic mass is 16.5. The molecule has 0 saturated heterocycles. The first-order chi connectivity index (χ1) is 15.3. The summed E-state index contributed by atoms with van der Waals surface area (Å²) in [4.78, 5) is 6.87. The number of benzene rings is 2. The predicted octanol–water partition coefficient (Wildman–Crippen LogP) is 5.60. The number of hydrogen-bond donors (Lipinski definition) is 0. The number of rotatable bonds is 8. The lowest BCUT2D eigenvalue weighted by atomic mass is 10.0. The van der Waals surface area contributed by atoms with Crippen LogP contribution in [0.2, 0.25) is 0 Å². The molecule has 5 nitrogen and oxygen atoms in total. The van der Waals surface area contributed by atoms with E-state index in [9.17, 15) is 0 Å². The van der Waals surface area contributed by atoms with Gasteiger partial charge in [0.2, 0.25) is 0 Å². The van der Waals surface area contributed by atoms with Crippen molar-refractivity contribution >= 4 is 21.9 Å². The highest BCUT2D eigenvalue weighted by Crippen LogP contribution is 2.35. The third kappa shape index (κ3) is 4.23. The summed E-state index contributed by atoms with van der Waals surface area (Å²) in [5.74, 6) is 2.83. The average Bonchev–Trinajstić information content (AvgIpc) is 3.18. The van der Waals surface area contributed by atoms with Crippen LogP contribution in [0.15, 0.2) is 59.1 Å². The SMILES string of the molecule is CCOc1cccc2c3c(oc12)CN(CCCCOc1ccc2cccnc2c1)CC3. The van der Waals surface area contributed by atoms with Crippen LogP contribution in [0.4, 0.5) is 0 Å². The highest BCUT2D eigenvalue weighted by Gasteiger charge is 2.23. The maximum absolute atomic E-state index is 6.23. The largest absolute Gasteiger partial charge is 0.494 e. The molecule has 0 spiro atoms. The Bertz CT molecular complexity index is 1180. The van der Waals surface area contributed by atoms with Crippen LogP contribution in [0.25, 0.3) is 21.9 Å². The molecule has 2 aromatic carbocycles. The summed E-state index contributed by atoms with van der Waals surface area (Å²) in [6, 6.07) is 16.3. The van der Waals surface area contributed by atoms with Crippen molar-refractivity contribution in [1.29, 1.82) is 0 Å². The van der Waals surface area contributed by atoms with Crippen molar-refractivity contribution in [2.24, 2.45) is 0 Å². The maximum Gasteiger partial charge on any atom is 0.176 e. The van der Waals surface area contributed by atoms with Crippen molar-refractivity contribution in [1.82, 2.24) is 9.88 Å². The number of furan rings is 1. The number of nitrogens with zero attached hydrogens (tertiary/aromatic N) is 2. The molecular formula is C26H28N2O3. The van der Waals surface area contributed by atoms with Gasteiger partial charge >= 0.3 is 0 Å².